The molecule has 1 unspecified atom stereocenters. The second-order valence-electron chi connectivity index (χ2n) is 7.92. The molecule has 0 aromatic carbocycles. The minimum atomic E-state index is -0.483. The van der Waals surface area contributed by atoms with Gasteiger partial charge in [0, 0.05) is 43.6 Å². The monoisotopic (exact) mass is 324 g/mol. The molecule has 0 saturated carbocycles. The summed E-state index contributed by atoms with van der Waals surface area (Å²) in [5, 5.41) is 3.44. The molecule has 0 spiro atoms. The van der Waals surface area contributed by atoms with E-state index >= 15 is 0 Å². The minimum Gasteiger partial charge on any atom is -0.444 e. The van der Waals surface area contributed by atoms with Crippen LogP contribution in [0.2, 0.25) is 0 Å². The molecule has 1 rings (SSSR count). The molecule has 6 nitrogen and oxygen atoms in total. The van der Waals surface area contributed by atoms with Crippen molar-refractivity contribution in [3.8, 4) is 0 Å². The Morgan fingerprint density at radius 2 is 1.96 bits per heavy atom. The molecule has 6 heteroatoms. The van der Waals surface area contributed by atoms with E-state index in [1.807, 2.05) is 52.3 Å². The lowest BCUT2D eigenvalue weighted by molar-refractivity contribution is 0.00646. The SMILES string of the molecule is CC(Cn1ccnc1)NCCN(C(=O)OC(C)(C)C)C(C)(C)C. The molecule has 1 N–H and O–H groups in total. The first kappa shape index (κ1) is 19.5. The van der Waals surface area contributed by atoms with Gasteiger partial charge in [-0.15, -0.1) is 0 Å². The summed E-state index contributed by atoms with van der Waals surface area (Å²) in [6, 6.07) is 0.296. The Balaban J connectivity index is 2.50. The van der Waals surface area contributed by atoms with E-state index in [4.69, 9.17) is 4.74 Å². The third-order valence-corrected chi connectivity index (χ3v) is 3.30. The Bertz CT molecular complexity index is 472. The smallest absolute Gasteiger partial charge is 0.410 e. The van der Waals surface area contributed by atoms with Crippen LogP contribution in [0.5, 0.6) is 0 Å². The van der Waals surface area contributed by atoms with Crippen molar-refractivity contribution in [1.82, 2.24) is 19.8 Å². The number of hydrogen-bond acceptors (Lipinski definition) is 4. The highest BCUT2D eigenvalue weighted by molar-refractivity contribution is 5.69. The Labute approximate surface area is 140 Å². The van der Waals surface area contributed by atoms with E-state index in [9.17, 15) is 4.79 Å². The molecule has 1 heterocycles. The van der Waals surface area contributed by atoms with Gasteiger partial charge in [0.2, 0.25) is 0 Å². The third kappa shape index (κ3) is 7.50. The fourth-order valence-corrected chi connectivity index (χ4v) is 2.22. The molecule has 1 aromatic rings. The molecule has 0 bridgehead atoms. The highest BCUT2D eigenvalue weighted by Crippen LogP contribution is 2.17. The normalized spacial score (nSPS) is 13.7. The van der Waals surface area contributed by atoms with Crippen LogP contribution in [0.4, 0.5) is 4.79 Å². The largest absolute Gasteiger partial charge is 0.444 e. The van der Waals surface area contributed by atoms with Crippen molar-refractivity contribution >= 4 is 6.09 Å². The van der Waals surface area contributed by atoms with Gasteiger partial charge in [0.15, 0.2) is 0 Å². The first-order chi connectivity index (χ1) is 10.5. The molecule has 1 aromatic heterocycles. The predicted molar refractivity (Wildman–Crippen MR) is 92.4 cm³/mol. The van der Waals surface area contributed by atoms with Gasteiger partial charge in [0.25, 0.3) is 0 Å². The standard InChI is InChI=1S/C17H32N4O2/c1-14(12-20-10-8-18-13-20)19-9-11-21(16(2,3)4)15(22)23-17(5,6)7/h8,10,13-14,19H,9,11-12H2,1-7H3. The Kier molecular flexibility index (Phi) is 6.62. The maximum atomic E-state index is 12.4. The molecule has 1 atom stereocenters. The van der Waals surface area contributed by atoms with Crippen molar-refractivity contribution in [2.45, 2.75) is 72.2 Å². The molecule has 0 aliphatic rings. The van der Waals surface area contributed by atoms with Crippen LogP contribution in [-0.2, 0) is 11.3 Å². The topological polar surface area (TPSA) is 59.4 Å². The Morgan fingerprint density at radius 3 is 2.43 bits per heavy atom. The van der Waals surface area contributed by atoms with Gasteiger partial charge >= 0.3 is 6.09 Å². The summed E-state index contributed by atoms with van der Waals surface area (Å²) < 4.78 is 7.55. The highest BCUT2D eigenvalue weighted by Gasteiger charge is 2.30. The highest BCUT2D eigenvalue weighted by atomic mass is 16.6. The zero-order valence-corrected chi connectivity index (χ0v) is 15.6. The first-order valence-electron chi connectivity index (χ1n) is 8.19. The summed E-state index contributed by atoms with van der Waals surface area (Å²) in [6.45, 7) is 16.0. The van der Waals surface area contributed by atoms with Crippen LogP contribution >= 0.6 is 0 Å². The minimum absolute atomic E-state index is 0.269. The van der Waals surface area contributed by atoms with Gasteiger partial charge in [0.1, 0.15) is 5.60 Å². The maximum absolute atomic E-state index is 12.4. The van der Waals surface area contributed by atoms with E-state index in [0.717, 1.165) is 6.54 Å². The molecule has 0 aliphatic carbocycles. The first-order valence-corrected chi connectivity index (χ1v) is 8.19. The lowest BCUT2D eigenvalue weighted by Crippen LogP contribution is -2.51. The summed E-state index contributed by atoms with van der Waals surface area (Å²) in [5.41, 5.74) is -0.764. The quantitative estimate of drug-likeness (QED) is 0.874. The lowest BCUT2D eigenvalue weighted by Gasteiger charge is -2.37. The number of rotatable bonds is 6. The number of nitrogens with one attached hydrogen (secondary N) is 1. The molecule has 23 heavy (non-hydrogen) atoms. The zero-order valence-electron chi connectivity index (χ0n) is 15.6. The van der Waals surface area contributed by atoms with Gasteiger partial charge in [-0.05, 0) is 48.5 Å². The van der Waals surface area contributed by atoms with Gasteiger partial charge in [-0.25, -0.2) is 9.78 Å². The average Bonchev–Trinajstić information content (AvgIpc) is 2.83. The molecule has 132 valence electrons. The zero-order chi connectivity index (χ0) is 17.7. The number of ether oxygens (including phenoxy) is 1. The summed E-state index contributed by atoms with van der Waals surface area (Å²) in [7, 11) is 0. The second-order valence-corrected chi connectivity index (χ2v) is 7.92. The summed E-state index contributed by atoms with van der Waals surface area (Å²) in [5.74, 6) is 0. The predicted octanol–water partition coefficient (Wildman–Crippen LogP) is 2.90. The Morgan fingerprint density at radius 1 is 1.30 bits per heavy atom. The lowest BCUT2D eigenvalue weighted by atomic mass is 10.1. The van der Waals surface area contributed by atoms with E-state index in [2.05, 4.69) is 17.2 Å². The van der Waals surface area contributed by atoms with E-state index < -0.39 is 5.60 Å². The van der Waals surface area contributed by atoms with Crippen LogP contribution < -0.4 is 5.32 Å². The van der Waals surface area contributed by atoms with E-state index in [1.165, 1.54) is 0 Å². The number of hydrogen-bond donors (Lipinski definition) is 1. The Hall–Kier alpha value is -1.56. The number of amides is 1. The number of carbonyl (C=O) groups is 1. The summed E-state index contributed by atoms with van der Waals surface area (Å²) >= 11 is 0. The number of imidazole rings is 1. The average molecular weight is 324 g/mol. The summed E-state index contributed by atoms with van der Waals surface area (Å²) in [6.07, 6.45) is 5.26. The van der Waals surface area contributed by atoms with Crippen molar-refractivity contribution < 1.29 is 9.53 Å². The fourth-order valence-electron chi connectivity index (χ4n) is 2.22. The van der Waals surface area contributed by atoms with Gasteiger partial charge in [-0.1, -0.05) is 0 Å². The second kappa shape index (κ2) is 7.81. The van der Waals surface area contributed by atoms with Gasteiger partial charge < -0.3 is 19.5 Å². The van der Waals surface area contributed by atoms with Crippen molar-refractivity contribution in [2.75, 3.05) is 13.1 Å². The maximum Gasteiger partial charge on any atom is 0.410 e. The van der Waals surface area contributed by atoms with Crippen LogP contribution in [0.1, 0.15) is 48.5 Å². The number of aromatic nitrogens is 2. The third-order valence-electron chi connectivity index (χ3n) is 3.30. The fraction of sp³-hybridized carbons (Fsp3) is 0.765. The van der Waals surface area contributed by atoms with Crippen molar-refractivity contribution in [3.05, 3.63) is 18.7 Å². The molecular weight excluding hydrogens is 292 g/mol. The molecule has 0 aliphatic heterocycles. The van der Waals surface area contributed by atoms with E-state index in [0.29, 0.717) is 19.1 Å². The number of carbonyl (C=O) groups excluding carboxylic acids is 1. The molecule has 1 amide bonds. The van der Waals surface area contributed by atoms with Crippen LogP contribution in [0.3, 0.4) is 0 Å². The van der Waals surface area contributed by atoms with E-state index in [1.54, 1.807) is 17.4 Å². The molecule has 0 saturated heterocycles. The van der Waals surface area contributed by atoms with Gasteiger partial charge in [-0.2, -0.15) is 0 Å². The molecule has 0 fully saturated rings. The molecular formula is C17H32N4O2. The number of nitrogens with zero attached hydrogens (tertiary/aromatic N) is 3. The van der Waals surface area contributed by atoms with E-state index in [-0.39, 0.29) is 11.6 Å². The van der Waals surface area contributed by atoms with Crippen molar-refractivity contribution in [3.63, 3.8) is 0 Å². The molecule has 0 radical (unpaired) electrons. The van der Waals surface area contributed by atoms with Crippen LogP contribution in [-0.4, -0.2) is 50.8 Å². The van der Waals surface area contributed by atoms with Crippen molar-refractivity contribution in [1.29, 1.82) is 0 Å². The van der Waals surface area contributed by atoms with Gasteiger partial charge in [0.05, 0.1) is 6.33 Å². The van der Waals surface area contributed by atoms with Crippen LogP contribution in [0, 0.1) is 0 Å². The van der Waals surface area contributed by atoms with Crippen molar-refractivity contribution in [2.24, 2.45) is 0 Å². The van der Waals surface area contributed by atoms with Crippen LogP contribution in [0.15, 0.2) is 18.7 Å². The van der Waals surface area contributed by atoms with Crippen LogP contribution in [0.25, 0.3) is 0 Å². The van der Waals surface area contributed by atoms with Gasteiger partial charge in [-0.3, -0.25) is 0 Å². The summed E-state index contributed by atoms with van der Waals surface area (Å²) in [4.78, 5) is 18.2.